The number of carbonyl (C=O) groups excluding carboxylic acids is 1. The van der Waals surface area contributed by atoms with Crippen molar-refractivity contribution in [1.82, 2.24) is 4.90 Å². The summed E-state index contributed by atoms with van der Waals surface area (Å²) in [5, 5.41) is 13.1. The molecular formula is C17H26N2O2. The van der Waals surface area contributed by atoms with Gasteiger partial charge in [0, 0.05) is 11.7 Å². The summed E-state index contributed by atoms with van der Waals surface area (Å²) in [6, 6.07) is 8.00. The lowest BCUT2D eigenvalue weighted by Gasteiger charge is -2.33. The van der Waals surface area contributed by atoms with E-state index in [4.69, 9.17) is 0 Å². The highest BCUT2D eigenvalue weighted by Crippen LogP contribution is 2.26. The fourth-order valence-electron chi connectivity index (χ4n) is 3.07. The summed E-state index contributed by atoms with van der Waals surface area (Å²) in [6.07, 6.45) is 2.94. The van der Waals surface area contributed by atoms with E-state index in [1.54, 1.807) is 0 Å². The van der Waals surface area contributed by atoms with Crippen LogP contribution < -0.4 is 5.32 Å². The van der Waals surface area contributed by atoms with E-state index in [2.05, 4.69) is 23.2 Å². The molecular weight excluding hydrogens is 264 g/mol. The van der Waals surface area contributed by atoms with Crippen LogP contribution in [0, 0.1) is 0 Å². The first-order valence-corrected chi connectivity index (χ1v) is 7.75. The molecule has 2 N–H and O–H groups in total. The molecule has 1 fully saturated rings. The number of rotatable bonds is 5. The molecule has 21 heavy (non-hydrogen) atoms. The summed E-state index contributed by atoms with van der Waals surface area (Å²) >= 11 is 0. The average molecular weight is 290 g/mol. The maximum absolute atomic E-state index is 12.2. The van der Waals surface area contributed by atoms with Gasteiger partial charge in [-0.2, -0.15) is 0 Å². The van der Waals surface area contributed by atoms with Crippen LogP contribution in [0.3, 0.4) is 0 Å². The van der Waals surface area contributed by atoms with Crippen LogP contribution in [0.4, 0.5) is 5.69 Å². The second-order valence-corrected chi connectivity index (χ2v) is 6.38. The molecule has 1 heterocycles. The van der Waals surface area contributed by atoms with Gasteiger partial charge in [-0.15, -0.1) is 0 Å². The first-order valence-electron chi connectivity index (χ1n) is 7.75. The van der Waals surface area contributed by atoms with Crippen molar-refractivity contribution < 1.29 is 9.90 Å². The number of benzene rings is 1. The fraction of sp³-hybridized carbons (Fsp3) is 0.588. The zero-order chi connectivity index (χ0) is 15.5. The third-order valence-electron chi connectivity index (χ3n) is 4.14. The molecule has 1 aliphatic heterocycles. The first-order chi connectivity index (χ1) is 9.90. The Kier molecular flexibility index (Phi) is 5.01. The van der Waals surface area contributed by atoms with Crippen molar-refractivity contribution in [3.05, 3.63) is 29.8 Å². The topological polar surface area (TPSA) is 52.6 Å². The fourth-order valence-corrected chi connectivity index (χ4v) is 3.07. The molecule has 4 heteroatoms. The van der Waals surface area contributed by atoms with Gasteiger partial charge in [0.2, 0.25) is 5.91 Å². The van der Waals surface area contributed by atoms with Gasteiger partial charge in [0.05, 0.1) is 12.1 Å². The van der Waals surface area contributed by atoms with E-state index in [1.807, 2.05) is 32.0 Å². The van der Waals surface area contributed by atoms with E-state index in [0.29, 0.717) is 6.54 Å². The van der Waals surface area contributed by atoms with Crippen molar-refractivity contribution >= 4 is 11.6 Å². The van der Waals surface area contributed by atoms with Crippen LogP contribution in [-0.4, -0.2) is 40.6 Å². The van der Waals surface area contributed by atoms with Crippen molar-refractivity contribution in [3.63, 3.8) is 0 Å². The molecule has 4 nitrogen and oxygen atoms in total. The van der Waals surface area contributed by atoms with Crippen molar-refractivity contribution in [2.24, 2.45) is 0 Å². The molecule has 1 atom stereocenters. The summed E-state index contributed by atoms with van der Waals surface area (Å²) in [4.78, 5) is 14.3. The number of amides is 1. The maximum Gasteiger partial charge on any atom is 0.238 e. The smallest absolute Gasteiger partial charge is 0.238 e. The lowest BCUT2D eigenvalue weighted by Crippen LogP contribution is -2.48. The van der Waals surface area contributed by atoms with Gasteiger partial charge in [-0.1, -0.05) is 19.1 Å². The molecule has 0 bridgehead atoms. The molecule has 0 aromatic heterocycles. The Morgan fingerprint density at radius 2 is 2.24 bits per heavy atom. The van der Waals surface area contributed by atoms with Gasteiger partial charge in [-0.05, 0) is 57.4 Å². The number of aryl methyl sites for hydroxylation is 1. The summed E-state index contributed by atoms with van der Waals surface area (Å²) in [7, 11) is 0. The molecule has 2 rings (SSSR count). The average Bonchev–Trinajstić information content (AvgIpc) is 2.86. The molecule has 116 valence electrons. The number of hydrogen-bond donors (Lipinski definition) is 2. The highest BCUT2D eigenvalue weighted by atomic mass is 16.3. The zero-order valence-electron chi connectivity index (χ0n) is 13.2. The quantitative estimate of drug-likeness (QED) is 0.875. The van der Waals surface area contributed by atoms with E-state index in [0.717, 1.165) is 31.5 Å². The molecule has 0 aliphatic carbocycles. The normalized spacial score (nSPS) is 19.7. The highest BCUT2D eigenvalue weighted by molar-refractivity contribution is 5.92. The Labute approximate surface area is 127 Å². The summed E-state index contributed by atoms with van der Waals surface area (Å²) in [5.74, 6) is -0.0144. The number of nitrogens with one attached hydrogen (secondary N) is 1. The number of nitrogens with zero attached hydrogens (tertiary/aromatic N) is 1. The van der Waals surface area contributed by atoms with Crippen LogP contribution >= 0.6 is 0 Å². The predicted molar refractivity (Wildman–Crippen MR) is 85.3 cm³/mol. The van der Waals surface area contributed by atoms with Crippen LogP contribution in [0.25, 0.3) is 0 Å². The molecule has 0 radical (unpaired) electrons. The molecule has 0 spiro atoms. The summed E-state index contributed by atoms with van der Waals surface area (Å²) in [6.45, 7) is 6.94. The Hall–Kier alpha value is -1.39. The zero-order valence-corrected chi connectivity index (χ0v) is 13.2. The van der Waals surface area contributed by atoms with Crippen molar-refractivity contribution in [1.29, 1.82) is 0 Å². The van der Waals surface area contributed by atoms with Crippen molar-refractivity contribution in [3.8, 4) is 0 Å². The van der Waals surface area contributed by atoms with Gasteiger partial charge >= 0.3 is 0 Å². The highest BCUT2D eigenvalue weighted by Gasteiger charge is 2.36. The predicted octanol–water partition coefficient (Wildman–Crippen LogP) is 2.42. The Morgan fingerprint density at radius 3 is 2.90 bits per heavy atom. The molecule has 1 aromatic rings. The third-order valence-corrected chi connectivity index (χ3v) is 4.14. The number of aliphatic hydroxyl groups is 1. The molecule has 1 aliphatic rings. The summed E-state index contributed by atoms with van der Waals surface area (Å²) in [5.41, 5.74) is 1.29. The molecule has 1 aromatic carbocycles. The van der Waals surface area contributed by atoms with E-state index in [1.165, 1.54) is 5.56 Å². The Morgan fingerprint density at radius 1 is 1.48 bits per heavy atom. The van der Waals surface area contributed by atoms with Gasteiger partial charge in [0.25, 0.3) is 0 Å². The number of hydrogen-bond acceptors (Lipinski definition) is 3. The Bertz CT molecular complexity index is 494. The van der Waals surface area contributed by atoms with Crippen molar-refractivity contribution in [2.75, 3.05) is 18.4 Å². The standard InChI is InChI=1S/C17H26N2O2/c1-4-13-7-5-8-14(11-13)18-16(20)12-19-10-6-9-15(19)17(2,3)21/h5,7-8,11,15,21H,4,6,9-10,12H2,1-3H3,(H,18,20). The minimum Gasteiger partial charge on any atom is -0.389 e. The van der Waals surface area contributed by atoms with Gasteiger partial charge in [0.15, 0.2) is 0 Å². The van der Waals surface area contributed by atoms with Gasteiger partial charge < -0.3 is 10.4 Å². The number of anilines is 1. The van der Waals surface area contributed by atoms with E-state index in [-0.39, 0.29) is 11.9 Å². The van der Waals surface area contributed by atoms with Gasteiger partial charge in [0.1, 0.15) is 0 Å². The Balaban J connectivity index is 1.95. The second kappa shape index (κ2) is 6.58. The summed E-state index contributed by atoms with van der Waals surface area (Å²) < 4.78 is 0. The van der Waals surface area contributed by atoms with Crippen LogP contribution in [0.5, 0.6) is 0 Å². The lowest BCUT2D eigenvalue weighted by molar-refractivity contribution is -0.118. The second-order valence-electron chi connectivity index (χ2n) is 6.38. The SMILES string of the molecule is CCc1cccc(NC(=O)CN2CCCC2C(C)(C)O)c1. The number of likely N-dealkylation sites (tertiary alicyclic amines) is 1. The van der Waals surface area contributed by atoms with E-state index in [9.17, 15) is 9.90 Å². The lowest BCUT2D eigenvalue weighted by atomic mass is 9.97. The minimum absolute atomic E-state index is 0.0144. The number of carbonyl (C=O) groups is 1. The molecule has 1 unspecified atom stereocenters. The van der Waals surface area contributed by atoms with Crippen LogP contribution in [0.15, 0.2) is 24.3 Å². The van der Waals surface area contributed by atoms with Gasteiger partial charge in [-0.25, -0.2) is 0 Å². The van der Waals surface area contributed by atoms with Gasteiger partial charge in [-0.3, -0.25) is 9.69 Å². The van der Waals surface area contributed by atoms with E-state index < -0.39 is 5.60 Å². The molecule has 1 saturated heterocycles. The maximum atomic E-state index is 12.2. The van der Waals surface area contributed by atoms with Crippen LogP contribution in [-0.2, 0) is 11.2 Å². The van der Waals surface area contributed by atoms with E-state index >= 15 is 0 Å². The molecule has 0 saturated carbocycles. The van der Waals surface area contributed by atoms with Crippen LogP contribution in [0.2, 0.25) is 0 Å². The van der Waals surface area contributed by atoms with Crippen LogP contribution in [0.1, 0.15) is 39.2 Å². The minimum atomic E-state index is -0.765. The largest absolute Gasteiger partial charge is 0.389 e. The third kappa shape index (κ3) is 4.29. The first kappa shape index (κ1) is 16.0. The molecule has 1 amide bonds. The monoisotopic (exact) mass is 290 g/mol. The van der Waals surface area contributed by atoms with Crippen molar-refractivity contribution in [2.45, 2.75) is 51.7 Å².